The highest BCUT2D eigenvalue weighted by atomic mass is 16.5. The van der Waals surface area contributed by atoms with Crippen molar-refractivity contribution >= 4 is 11.8 Å². The van der Waals surface area contributed by atoms with Crippen LogP contribution in [0.15, 0.2) is 42.6 Å². The molecule has 0 spiro atoms. The summed E-state index contributed by atoms with van der Waals surface area (Å²) in [6.07, 6.45) is 2.19. The number of nitrogens with zero attached hydrogens (tertiary/aromatic N) is 2. The number of carbonyl (C=O) groups excluding carboxylic acids is 2. The van der Waals surface area contributed by atoms with Crippen molar-refractivity contribution < 1.29 is 14.3 Å². The van der Waals surface area contributed by atoms with Gasteiger partial charge < -0.3 is 19.5 Å². The Labute approximate surface area is 160 Å². The highest BCUT2D eigenvalue weighted by Gasteiger charge is 2.25. The number of benzene rings is 1. The van der Waals surface area contributed by atoms with Gasteiger partial charge >= 0.3 is 0 Å². The van der Waals surface area contributed by atoms with Gasteiger partial charge in [0.05, 0.1) is 13.0 Å². The second kappa shape index (κ2) is 8.75. The van der Waals surface area contributed by atoms with E-state index in [4.69, 9.17) is 4.74 Å². The zero-order valence-corrected chi connectivity index (χ0v) is 16.0. The van der Waals surface area contributed by atoms with Gasteiger partial charge in [0.1, 0.15) is 5.75 Å². The summed E-state index contributed by atoms with van der Waals surface area (Å²) < 4.78 is 5.66. The first-order chi connectivity index (χ1) is 13.0. The molecular weight excluding hydrogens is 342 g/mol. The second-order valence-corrected chi connectivity index (χ2v) is 7.27. The van der Waals surface area contributed by atoms with Crippen LogP contribution < -0.4 is 4.74 Å². The molecule has 6 nitrogen and oxygen atoms in total. The SMILES string of the molecule is CC(C)COc1ccc(C(=O)N2CCN(C(=O)Cc3ccc[nH]3)CC2)cc1. The molecule has 1 fully saturated rings. The molecule has 1 N–H and O–H groups in total. The Bertz CT molecular complexity index is 745. The van der Waals surface area contributed by atoms with Gasteiger partial charge in [0.15, 0.2) is 0 Å². The largest absolute Gasteiger partial charge is 0.493 e. The van der Waals surface area contributed by atoms with Gasteiger partial charge in [-0.3, -0.25) is 9.59 Å². The minimum Gasteiger partial charge on any atom is -0.493 e. The fourth-order valence-corrected chi connectivity index (χ4v) is 3.05. The fraction of sp³-hybridized carbons (Fsp3) is 0.429. The number of amides is 2. The van der Waals surface area contributed by atoms with E-state index in [-0.39, 0.29) is 11.8 Å². The number of hydrogen-bond donors (Lipinski definition) is 1. The summed E-state index contributed by atoms with van der Waals surface area (Å²) in [6.45, 7) is 7.11. The molecule has 0 atom stereocenters. The third kappa shape index (κ3) is 5.12. The quantitative estimate of drug-likeness (QED) is 0.851. The zero-order chi connectivity index (χ0) is 19.2. The summed E-state index contributed by atoms with van der Waals surface area (Å²) in [4.78, 5) is 31.7. The van der Waals surface area contributed by atoms with Gasteiger partial charge in [-0.05, 0) is 42.3 Å². The van der Waals surface area contributed by atoms with Gasteiger partial charge in [0, 0.05) is 43.6 Å². The summed E-state index contributed by atoms with van der Waals surface area (Å²) >= 11 is 0. The lowest BCUT2D eigenvalue weighted by molar-refractivity contribution is -0.132. The Morgan fingerprint density at radius 1 is 1.04 bits per heavy atom. The maximum atomic E-state index is 12.7. The molecule has 1 saturated heterocycles. The van der Waals surface area contributed by atoms with Crippen molar-refractivity contribution in [3.63, 3.8) is 0 Å². The van der Waals surface area contributed by atoms with E-state index in [1.165, 1.54) is 0 Å². The minimum absolute atomic E-state index is 0.00174. The van der Waals surface area contributed by atoms with Crippen molar-refractivity contribution in [1.82, 2.24) is 14.8 Å². The Kier molecular flexibility index (Phi) is 6.16. The third-order valence-corrected chi connectivity index (χ3v) is 4.61. The smallest absolute Gasteiger partial charge is 0.253 e. The summed E-state index contributed by atoms with van der Waals surface area (Å²) in [7, 11) is 0. The number of aromatic nitrogens is 1. The Balaban J connectivity index is 1.50. The number of nitrogens with one attached hydrogen (secondary N) is 1. The molecule has 2 aromatic rings. The van der Waals surface area contributed by atoms with Crippen LogP contribution in [0.3, 0.4) is 0 Å². The molecule has 144 valence electrons. The van der Waals surface area contributed by atoms with Crippen molar-refractivity contribution in [2.24, 2.45) is 5.92 Å². The first kappa shape index (κ1) is 19.0. The molecule has 0 unspecified atom stereocenters. The number of aromatic amines is 1. The summed E-state index contributed by atoms with van der Waals surface area (Å²) in [5, 5.41) is 0. The van der Waals surface area contributed by atoms with E-state index in [9.17, 15) is 9.59 Å². The van der Waals surface area contributed by atoms with E-state index < -0.39 is 0 Å². The van der Waals surface area contributed by atoms with E-state index >= 15 is 0 Å². The van der Waals surface area contributed by atoms with E-state index in [0.717, 1.165) is 11.4 Å². The average Bonchev–Trinajstić information content (AvgIpc) is 3.19. The Hall–Kier alpha value is -2.76. The molecule has 1 aromatic carbocycles. The molecule has 3 rings (SSSR count). The maximum absolute atomic E-state index is 12.7. The van der Waals surface area contributed by atoms with Gasteiger partial charge in [-0.2, -0.15) is 0 Å². The molecule has 0 radical (unpaired) electrons. The number of carbonyl (C=O) groups is 2. The molecule has 27 heavy (non-hydrogen) atoms. The summed E-state index contributed by atoms with van der Waals surface area (Å²) in [6, 6.07) is 11.1. The summed E-state index contributed by atoms with van der Waals surface area (Å²) in [5.41, 5.74) is 1.57. The monoisotopic (exact) mass is 369 g/mol. The van der Waals surface area contributed by atoms with Crippen LogP contribution >= 0.6 is 0 Å². The van der Waals surface area contributed by atoms with Crippen molar-refractivity contribution in [2.45, 2.75) is 20.3 Å². The lowest BCUT2D eigenvalue weighted by Crippen LogP contribution is -2.51. The normalized spacial score (nSPS) is 14.5. The van der Waals surface area contributed by atoms with Crippen LogP contribution in [0.1, 0.15) is 29.9 Å². The first-order valence-electron chi connectivity index (χ1n) is 9.45. The van der Waals surface area contributed by atoms with Crippen molar-refractivity contribution in [3.8, 4) is 5.75 Å². The van der Waals surface area contributed by atoms with Crippen LogP contribution in [0, 0.1) is 5.92 Å². The van der Waals surface area contributed by atoms with E-state index in [1.807, 2.05) is 40.3 Å². The maximum Gasteiger partial charge on any atom is 0.253 e. The standard InChI is InChI=1S/C21H27N3O3/c1-16(2)15-27-19-7-5-17(6-8-19)21(26)24-12-10-23(11-13-24)20(25)14-18-4-3-9-22-18/h3-9,16,22H,10-15H2,1-2H3. The van der Waals surface area contributed by atoms with Crippen LogP contribution in [0.2, 0.25) is 0 Å². The highest BCUT2D eigenvalue weighted by molar-refractivity contribution is 5.94. The highest BCUT2D eigenvalue weighted by Crippen LogP contribution is 2.16. The van der Waals surface area contributed by atoms with E-state index in [2.05, 4.69) is 18.8 Å². The fourth-order valence-electron chi connectivity index (χ4n) is 3.05. The van der Waals surface area contributed by atoms with Gasteiger partial charge in [0.2, 0.25) is 5.91 Å². The number of rotatable bonds is 6. The Morgan fingerprint density at radius 2 is 1.70 bits per heavy atom. The summed E-state index contributed by atoms with van der Waals surface area (Å²) in [5.74, 6) is 1.33. The van der Waals surface area contributed by atoms with Crippen molar-refractivity contribution in [1.29, 1.82) is 0 Å². The topological polar surface area (TPSA) is 65.6 Å². The molecule has 0 aliphatic carbocycles. The number of piperazine rings is 1. The van der Waals surface area contributed by atoms with Gasteiger partial charge in [0.25, 0.3) is 5.91 Å². The Morgan fingerprint density at radius 3 is 2.30 bits per heavy atom. The predicted molar refractivity (Wildman–Crippen MR) is 104 cm³/mol. The van der Waals surface area contributed by atoms with E-state index in [0.29, 0.717) is 50.7 Å². The molecule has 6 heteroatoms. The number of H-pyrrole nitrogens is 1. The molecular formula is C21H27N3O3. The van der Waals surface area contributed by atoms with Crippen molar-refractivity contribution in [3.05, 3.63) is 53.9 Å². The average molecular weight is 369 g/mol. The van der Waals surface area contributed by atoms with Crippen LogP contribution in [-0.4, -0.2) is 59.4 Å². The molecule has 1 aromatic heterocycles. The van der Waals surface area contributed by atoms with E-state index in [1.54, 1.807) is 12.1 Å². The lowest BCUT2D eigenvalue weighted by atomic mass is 10.1. The van der Waals surface area contributed by atoms with Gasteiger partial charge in [-0.1, -0.05) is 13.8 Å². The van der Waals surface area contributed by atoms with Gasteiger partial charge in [-0.15, -0.1) is 0 Å². The molecule has 1 aliphatic rings. The molecule has 0 bridgehead atoms. The van der Waals surface area contributed by atoms with Crippen LogP contribution in [0.4, 0.5) is 0 Å². The lowest BCUT2D eigenvalue weighted by Gasteiger charge is -2.34. The molecule has 1 aliphatic heterocycles. The molecule has 0 saturated carbocycles. The minimum atomic E-state index is 0.00174. The van der Waals surface area contributed by atoms with Crippen LogP contribution in [-0.2, 0) is 11.2 Å². The second-order valence-electron chi connectivity index (χ2n) is 7.27. The zero-order valence-electron chi connectivity index (χ0n) is 16.0. The molecule has 2 amide bonds. The third-order valence-electron chi connectivity index (χ3n) is 4.61. The first-order valence-corrected chi connectivity index (χ1v) is 9.45. The van der Waals surface area contributed by atoms with Crippen LogP contribution in [0.5, 0.6) is 5.75 Å². The number of ether oxygens (including phenoxy) is 1. The van der Waals surface area contributed by atoms with Crippen molar-refractivity contribution in [2.75, 3.05) is 32.8 Å². The molecule has 2 heterocycles. The van der Waals surface area contributed by atoms with Crippen LogP contribution in [0.25, 0.3) is 0 Å². The predicted octanol–water partition coefficient (Wildman–Crippen LogP) is 2.58. The number of hydrogen-bond acceptors (Lipinski definition) is 3. The van der Waals surface area contributed by atoms with Gasteiger partial charge in [-0.25, -0.2) is 0 Å².